The van der Waals surface area contributed by atoms with Crippen molar-refractivity contribution in [1.29, 1.82) is 0 Å². The average molecular weight is 401 g/mol. The Hall–Kier alpha value is -1.82. The molecule has 1 aliphatic heterocycles. The lowest BCUT2D eigenvalue weighted by Gasteiger charge is -2.07. The summed E-state index contributed by atoms with van der Waals surface area (Å²) in [4.78, 5) is 0. The molecule has 0 bridgehead atoms. The summed E-state index contributed by atoms with van der Waals surface area (Å²) in [5.41, 5.74) is 5.97. The third kappa shape index (κ3) is 2.31. The highest BCUT2D eigenvalue weighted by Gasteiger charge is 2.23. The van der Waals surface area contributed by atoms with Gasteiger partial charge < -0.3 is 5.32 Å². The molecule has 0 radical (unpaired) electrons. The monoisotopic (exact) mass is 401 g/mol. The lowest BCUT2D eigenvalue weighted by atomic mass is 10.1. The van der Waals surface area contributed by atoms with Crippen LogP contribution in [0.2, 0.25) is 0 Å². The molecule has 1 aromatic heterocycles. The number of rotatable bonds is 2. The van der Waals surface area contributed by atoms with E-state index in [4.69, 9.17) is 5.10 Å². The number of benzene rings is 2. The van der Waals surface area contributed by atoms with E-state index < -0.39 is 0 Å². The highest BCUT2D eigenvalue weighted by atomic mass is 127. The average Bonchev–Trinajstić information content (AvgIpc) is 3.09. The lowest BCUT2D eigenvalue weighted by molar-refractivity contribution is 0.881. The molecule has 22 heavy (non-hydrogen) atoms. The van der Waals surface area contributed by atoms with Gasteiger partial charge in [0, 0.05) is 21.2 Å². The van der Waals surface area contributed by atoms with Gasteiger partial charge in [-0.2, -0.15) is 5.10 Å². The van der Waals surface area contributed by atoms with Crippen LogP contribution >= 0.6 is 22.6 Å². The van der Waals surface area contributed by atoms with E-state index in [0.717, 1.165) is 30.2 Å². The van der Waals surface area contributed by atoms with Crippen molar-refractivity contribution in [3.8, 4) is 16.9 Å². The van der Waals surface area contributed by atoms with Crippen molar-refractivity contribution in [2.75, 3.05) is 11.9 Å². The molecule has 1 N–H and O–H groups in total. The molecular weight excluding hydrogens is 385 g/mol. The molecule has 0 amide bonds. The molecule has 3 aromatic rings. The van der Waals surface area contributed by atoms with Gasteiger partial charge >= 0.3 is 0 Å². The number of halogens is 1. The van der Waals surface area contributed by atoms with Crippen LogP contribution in [0.25, 0.3) is 16.9 Å². The fourth-order valence-corrected chi connectivity index (χ4v) is 3.53. The zero-order valence-electron chi connectivity index (χ0n) is 12.3. The van der Waals surface area contributed by atoms with Crippen LogP contribution < -0.4 is 5.32 Å². The van der Waals surface area contributed by atoms with E-state index in [-0.39, 0.29) is 0 Å². The number of hydrogen-bond donors (Lipinski definition) is 1. The molecule has 4 rings (SSSR count). The van der Waals surface area contributed by atoms with E-state index in [2.05, 4.69) is 83.4 Å². The summed E-state index contributed by atoms with van der Waals surface area (Å²) in [5, 5.41) is 8.40. The van der Waals surface area contributed by atoms with Crippen LogP contribution in [-0.2, 0) is 6.42 Å². The summed E-state index contributed by atoms with van der Waals surface area (Å²) >= 11 is 2.35. The van der Waals surface area contributed by atoms with Crippen LogP contribution in [-0.4, -0.2) is 16.3 Å². The van der Waals surface area contributed by atoms with Crippen molar-refractivity contribution >= 4 is 28.4 Å². The minimum Gasteiger partial charge on any atom is -0.369 e. The molecule has 2 aromatic carbocycles. The maximum absolute atomic E-state index is 4.91. The molecule has 0 spiro atoms. The Morgan fingerprint density at radius 3 is 2.82 bits per heavy atom. The molecular formula is C18H16IN3. The number of aromatic nitrogens is 2. The molecule has 0 saturated carbocycles. The summed E-state index contributed by atoms with van der Waals surface area (Å²) in [6, 6.07) is 17.0. The second-order valence-corrected chi connectivity index (χ2v) is 6.86. The standard InChI is InChI=1S/C18H16IN3/c1-12-4-2-7-15(10-12)22-18-16(8-9-20-18)17(21-22)13-5-3-6-14(19)11-13/h2-7,10-11,20H,8-9H2,1H3. The van der Waals surface area contributed by atoms with E-state index in [1.807, 2.05) is 4.68 Å². The Kier molecular flexibility index (Phi) is 3.41. The van der Waals surface area contributed by atoms with E-state index in [1.165, 1.54) is 20.3 Å². The number of aryl methyl sites for hydroxylation is 1. The van der Waals surface area contributed by atoms with Gasteiger partial charge in [-0.15, -0.1) is 0 Å². The summed E-state index contributed by atoms with van der Waals surface area (Å²) < 4.78 is 3.28. The summed E-state index contributed by atoms with van der Waals surface area (Å²) in [6.45, 7) is 3.09. The van der Waals surface area contributed by atoms with Crippen molar-refractivity contribution in [1.82, 2.24) is 9.78 Å². The predicted octanol–water partition coefficient (Wildman–Crippen LogP) is 4.42. The largest absolute Gasteiger partial charge is 0.369 e. The number of hydrogen-bond acceptors (Lipinski definition) is 2. The van der Waals surface area contributed by atoms with Gasteiger partial charge in [-0.1, -0.05) is 24.3 Å². The molecule has 4 heteroatoms. The van der Waals surface area contributed by atoms with Crippen molar-refractivity contribution < 1.29 is 0 Å². The topological polar surface area (TPSA) is 29.9 Å². The van der Waals surface area contributed by atoms with Crippen LogP contribution in [0, 0.1) is 10.5 Å². The Labute approximate surface area is 143 Å². The van der Waals surface area contributed by atoms with Gasteiger partial charge in [0.15, 0.2) is 0 Å². The van der Waals surface area contributed by atoms with E-state index in [1.54, 1.807) is 0 Å². The van der Waals surface area contributed by atoms with Crippen LogP contribution in [0.4, 0.5) is 5.82 Å². The molecule has 0 saturated heterocycles. The highest BCUT2D eigenvalue weighted by Crippen LogP contribution is 2.35. The molecule has 110 valence electrons. The first-order chi connectivity index (χ1) is 10.7. The van der Waals surface area contributed by atoms with Gasteiger partial charge in [-0.05, 0) is 65.8 Å². The van der Waals surface area contributed by atoms with E-state index in [0.29, 0.717) is 0 Å². The van der Waals surface area contributed by atoms with Gasteiger partial charge in [0.1, 0.15) is 5.82 Å². The number of nitrogens with one attached hydrogen (secondary N) is 1. The van der Waals surface area contributed by atoms with Crippen LogP contribution in [0.15, 0.2) is 48.5 Å². The minimum absolute atomic E-state index is 0.982. The van der Waals surface area contributed by atoms with Crippen LogP contribution in [0.5, 0.6) is 0 Å². The van der Waals surface area contributed by atoms with Crippen LogP contribution in [0.1, 0.15) is 11.1 Å². The number of nitrogens with zero attached hydrogens (tertiary/aromatic N) is 2. The third-order valence-corrected chi connectivity index (χ3v) is 4.67. The van der Waals surface area contributed by atoms with Crippen molar-refractivity contribution in [3.63, 3.8) is 0 Å². The first-order valence-electron chi connectivity index (χ1n) is 7.41. The maximum Gasteiger partial charge on any atom is 0.133 e. The first-order valence-corrected chi connectivity index (χ1v) is 8.49. The normalized spacial score (nSPS) is 13.0. The third-order valence-electron chi connectivity index (χ3n) is 4.00. The fourth-order valence-electron chi connectivity index (χ4n) is 2.99. The van der Waals surface area contributed by atoms with Gasteiger partial charge in [0.2, 0.25) is 0 Å². The second-order valence-electron chi connectivity index (χ2n) is 5.61. The number of anilines is 1. The van der Waals surface area contributed by atoms with Crippen molar-refractivity contribution in [2.45, 2.75) is 13.3 Å². The SMILES string of the molecule is Cc1cccc(-n2nc(-c3cccc(I)c3)c3c2NCC3)c1. The van der Waals surface area contributed by atoms with Crippen LogP contribution in [0.3, 0.4) is 0 Å². The highest BCUT2D eigenvalue weighted by molar-refractivity contribution is 14.1. The Morgan fingerprint density at radius 2 is 2.00 bits per heavy atom. The Morgan fingerprint density at radius 1 is 1.14 bits per heavy atom. The Balaban J connectivity index is 1.90. The van der Waals surface area contributed by atoms with Crippen molar-refractivity contribution in [3.05, 3.63) is 63.2 Å². The quantitative estimate of drug-likeness (QED) is 0.645. The molecule has 0 fully saturated rings. The Bertz CT molecular complexity index is 783. The minimum atomic E-state index is 0.982. The number of fused-ring (bicyclic) bond motifs is 1. The van der Waals surface area contributed by atoms with E-state index >= 15 is 0 Å². The lowest BCUT2D eigenvalue weighted by Crippen LogP contribution is -2.04. The molecule has 0 aliphatic carbocycles. The summed E-state index contributed by atoms with van der Waals surface area (Å²) in [6.07, 6.45) is 1.03. The summed E-state index contributed by atoms with van der Waals surface area (Å²) in [7, 11) is 0. The second kappa shape index (κ2) is 5.43. The molecule has 2 heterocycles. The predicted molar refractivity (Wildman–Crippen MR) is 98.6 cm³/mol. The zero-order chi connectivity index (χ0) is 15.1. The molecule has 1 aliphatic rings. The van der Waals surface area contributed by atoms with E-state index in [9.17, 15) is 0 Å². The zero-order valence-corrected chi connectivity index (χ0v) is 14.5. The van der Waals surface area contributed by atoms with Gasteiger partial charge in [-0.3, -0.25) is 0 Å². The molecule has 0 unspecified atom stereocenters. The van der Waals surface area contributed by atoms with Gasteiger partial charge in [0.25, 0.3) is 0 Å². The first kappa shape index (κ1) is 13.8. The smallest absolute Gasteiger partial charge is 0.133 e. The fraction of sp³-hybridized carbons (Fsp3) is 0.167. The molecule has 0 atom stereocenters. The molecule has 3 nitrogen and oxygen atoms in total. The van der Waals surface area contributed by atoms with Gasteiger partial charge in [0.05, 0.1) is 11.4 Å². The van der Waals surface area contributed by atoms with Gasteiger partial charge in [-0.25, -0.2) is 4.68 Å². The maximum atomic E-state index is 4.91. The summed E-state index contributed by atoms with van der Waals surface area (Å²) in [5.74, 6) is 1.14. The van der Waals surface area contributed by atoms with Crippen molar-refractivity contribution in [2.24, 2.45) is 0 Å².